The number of aliphatic carboxylic acids is 1. The molecular weight excluding hydrogens is 232 g/mol. The highest BCUT2D eigenvalue weighted by Crippen LogP contribution is 2.37. The summed E-state index contributed by atoms with van der Waals surface area (Å²) in [5.74, 6) is -0.0451. The fourth-order valence-corrected chi connectivity index (χ4v) is 2.46. The van der Waals surface area contributed by atoms with Crippen LogP contribution in [-0.2, 0) is 14.9 Å². The average Bonchev–Trinajstić information content (AvgIpc) is 2.40. The van der Waals surface area contributed by atoms with E-state index in [2.05, 4.69) is 0 Å². The van der Waals surface area contributed by atoms with Crippen LogP contribution in [0.3, 0.4) is 0 Å². The number of benzene rings is 1. The lowest BCUT2D eigenvalue weighted by Crippen LogP contribution is -2.41. The quantitative estimate of drug-likeness (QED) is 0.893. The zero-order chi connectivity index (χ0) is 13.2. The molecule has 0 unspecified atom stereocenters. The normalized spacial score (nSPS) is 18.3. The Bertz CT molecular complexity index is 447. The Morgan fingerprint density at radius 3 is 2.61 bits per heavy atom. The predicted octanol–water partition coefficient (Wildman–Crippen LogP) is 2.14. The van der Waals surface area contributed by atoms with E-state index in [1.54, 1.807) is 7.11 Å². The second-order valence-corrected chi connectivity index (χ2v) is 4.68. The van der Waals surface area contributed by atoms with Crippen molar-refractivity contribution in [3.63, 3.8) is 0 Å². The molecule has 0 aromatic heterocycles. The van der Waals surface area contributed by atoms with Crippen molar-refractivity contribution in [2.75, 3.05) is 20.3 Å². The number of rotatable bonds is 3. The van der Waals surface area contributed by atoms with Gasteiger partial charge >= 0.3 is 5.97 Å². The number of aryl methyl sites for hydroxylation is 1. The van der Waals surface area contributed by atoms with Gasteiger partial charge in [0.05, 0.1) is 12.5 Å². The van der Waals surface area contributed by atoms with Crippen LogP contribution in [0.15, 0.2) is 18.2 Å². The molecule has 1 aliphatic rings. The number of carboxylic acid groups (broad SMARTS) is 1. The molecule has 1 aromatic rings. The highest BCUT2D eigenvalue weighted by molar-refractivity contribution is 5.81. The Labute approximate surface area is 107 Å². The molecule has 18 heavy (non-hydrogen) atoms. The third-order valence-electron chi connectivity index (χ3n) is 3.72. The summed E-state index contributed by atoms with van der Waals surface area (Å²) in [6.45, 7) is 2.92. The summed E-state index contributed by atoms with van der Waals surface area (Å²) in [6.07, 6.45) is 1.02. The van der Waals surface area contributed by atoms with Gasteiger partial charge in [-0.3, -0.25) is 4.79 Å². The van der Waals surface area contributed by atoms with E-state index in [0.29, 0.717) is 26.1 Å². The summed E-state index contributed by atoms with van der Waals surface area (Å²) in [5, 5.41) is 9.58. The minimum absolute atomic E-state index is 0.489. The molecule has 1 N–H and O–H groups in total. The van der Waals surface area contributed by atoms with Gasteiger partial charge in [-0.15, -0.1) is 0 Å². The van der Waals surface area contributed by atoms with Gasteiger partial charge in [-0.25, -0.2) is 0 Å². The predicted molar refractivity (Wildman–Crippen MR) is 67.1 cm³/mol. The largest absolute Gasteiger partial charge is 0.496 e. The molecule has 4 heteroatoms. The van der Waals surface area contributed by atoms with E-state index in [1.807, 2.05) is 25.1 Å². The van der Waals surface area contributed by atoms with Crippen LogP contribution in [0.25, 0.3) is 0 Å². The van der Waals surface area contributed by atoms with Crippen molar-refractivity contribution in [1.82, 2.24) is 0 Å². The fourth-order valence-electron chi connectivity index (χ4n) is 2.46. The summed E-state index contributed by atoms with van der Waals surface area (Å²) in [5.41, 5.74) is 0.980. The van der Waals surface area contributed by atoms with Crippen LogP contribution in [0.4, 0.5) is 0 Å². The first kappa shape index (κ1) is 12.9. The van der Waals surface area contributed by atoms with Gasteiger partial charge in [0.2, 0.25) is 0 Å². The van der Waals surface area contributed by atoms with Crippen LogP contribution in [0, 0.1) is 6.92 Å². The zero-order valence-corrected chi connectivity index (χ0v) is 10.7. The molecule has 1 saturated heterocycles. The molecule has 1 heterocycles. The second kappa shape index (κ2) is 4.98. The van der Waals surface area contributed by atoms with Crippen LogP contribution in [-0.4, -0.2) is 31.4 Å². The standard InChI is InChI=1S/C14H18O4/c1-10-3-4-11(9-12(10)17-2)14(13(15)16)5-7-18-8-6-14/h3-4,9H,5-8H2,1-2H3,(H,15,16). The van der Waals surface area contributed by atoms with Crippen molar-refractivity contribution in [1.29, 1.82) is 0 Å². The minimum Gasteiger partial charge on any atom is -0.496 e. The van der Waals surface area contributed by atoms with E-state index in [0.717, 1.165) is 16.9 Å². The SMILES string of the molecule is COc1cc(C2(C(=O)O)CCOCC2)ccc1C. The molecular formula is C14H18O4. The van der Waals surface area contributed by atoms with Crippen LogP contribution < -0.4 is 4.74 Å². The second-order valence-electron chi connectivity index (χ2n) is 4.68. The van der Waals surface area contributed by atoms with Crippen molar-refractivity contribution in [3.05, 3.63) is 29.3 Å². The van der Waals surface area contributed by atoms with Crippen LogP contribution in [0.5, 0.6) is 5.75 Å². The lowest BCUT2D eigenvalue weighted by molar-refractivity contribution is -0.147. The highest BCUT2D eigenvalue weighted by Gasteiger charge is 2.42. The zero-order valence-electron chi connectivity index (χ0n) is 10.7. The molecule has 0 bridgehead atoms. The van der Waals surface area contributed by atoms with Gasteiger partial charge in [0.1, 0.15) is 5.75 Å². The van der Waals surface area contributed by atoms with Crippen molar-refractivity contribution >= 4 is 5.97 Å². The lowest BCUT2D eigenvalue weighted by Gasteiger charge is -2.33. The Hall–Kier alpha value is -1.55. The van der Waals surface area contributed by atoms with Gasteiger partial charge in [-0.2, -0.15) is 0 Å². The van der Waals surface area contributed by atoms with Gasteiger partial charge in [-0.1, -0.05) is 12.1 Å². The Morgan fingerprint density at radius 2 is 2.06 bits per heavy atom. The van der Waals surface area contributed by atoms with E-state index >= 15 is 0 Å². The Kier molecular flexibility index (Phi) is 3.57. The van der Waals surface area contributed by atoms with Crippen molar-refractivity contribution in [2.24, 2.45) is 0 Å². The number of carbonyl (C=O) groups is 1. The first-order valence-corrected chi connectivity index (χ1v) is 6.06. The maximum Gasteiger partial charge on any atom is 0.314 e. The van der Waals surface area contributed by atoms with Crippen molar-refractivity contribution in [3.8, 4) is 5.75 Å². The number of carboxylic acids is 1. The first-order valence-electron chi connectivity index (χ1n) is 6.06. The Morgan fingerprint density at radius 1 is 1.39 bits per heavy atom. The summed E-state index contributed by atoms with van der Waals surface area (Å²) < 4.78 is 10.6. The van der Waals surface area contributed by atoms with Gasteiger partial charge < -0.3 is 14.6 Å². The maximum absolute atomic E-state index is 11.7. The van der Waals surface area contributed by atoms with Gasteiger partial charge in [0.15, 0.2) is 0 Å². The summed E-state index contributed by atoms with van der Waals surface area (Å²) >= 11 is 0. The molecule has 0 radical (unpaired) electrons. The summed E-state index contributed by atoms with van der Waals surface area (Å²) in [7, 11) is 1.60. The van der Waals surface area contributed by atoms with Crippen molar-refractivity contribution < 1.29 is 19.4 Å². The number of ether oxygens (including phenoxy) is 2. The molecule has 1 aromatic carbocycles. The average molecular weight is 250 g/mol. The van der Waals surface area contributed by atoms with E-state index < -0.39 is 11.4 Å². The maximum atomic E-state index is 11.7. The fraction of sp³-hybridized carbons (Fsp3) is 0.500. The van der Waals surface area contributed by atoms with Crippen LogP contribution >= 0.6 is 0 Å². The van der Waals surface area contributed by atoms with Gasteiger partial charge in [0, 0.05) is 13.2 Å². The smallest absolute Gasteiger partial charge is 0.314 e. The molecule has 0 saturated carbocycles. The minimum atomic E-state index is -0.834. The number of methoxy groups -OCH3 is 1. The molecule has 4 nitrogen and oxygen atoms in total. The molecule has 1 aliphatic heterocycles. The molecule has 2 rings (SSSR count). The van der Waals surface area contributed by atoms with Crippen LogP contribution in [0.2, 0.25) is 0 Å². The van der Waals surface area contributed by atoms with Gasteiger partial charge in [-0.05, 0) is 37.0 Å². The van der Waals surface area contributed by atoms with E-state index in [-0.39, 0.29) is 0 Å². The van der Waals surface area contributed by atoms with Gasteiger partial charge in [0.25, 0.3) is 0 Å². The molecule has 0 atom stereocenters. The number of hydrogen-bond donors (Lipinski definition) is 1. The monoisotopic (exact) mass is 250 g/mol. The Balaban J connectivity index is 2.45. The topological polar surface area (TPSA) is 55.8 Å². The molecule has 1 fully saturated rings. The first-order chi connectivity index (χ1) is 8.60. The lowest BCUT2D eigenvalue weighted by atomic mass is 9.74. The van der Waals surface area contributed by atoms with E-state index in [9.17, 15) is 9.90 Å². The molecule has 0 aliphatic carbocycles. The van der Waals surface area contributed by atoms with Crippen LogP contribution in [0.1, 0.15) is 24.0 Å². The highest BCUT2D eigenvalue weighted by atomic mass is 16.5. The third kappa shape index (κ3) is 2.08. The molecule has 0 spiro atoms. The number of hydrogen-bond acceptors (Lipinski definition) is 3. The van der Waals surface area contributed by atoms with E-state index in [4.69, 9.17) is 9.47 Å². The molecule has 0 amide bonds. The van der Waals surface area contributed by atoms with Crippen molar-refractivity contribution in [2.45, 2.75) is 25.2 Å². The summed E-state index contributed by atoms with van der Waals surface area (Å²) in [4.78, 5) is 11.7. The van der Waals surface area contributed by atoms with E-state index in [1.165, 1.54) is 0 Å². The summed E-state index contributed by atoms with van der Waals surface area (Å²) in [6, 6.07) is 5.64. The molecule has 98 valence electrons. The third-order valence-corrected chi connectivity index (χ3v) is 3.72.